The van der Waals surface area contributed by atoms with Crippen LogP contribution in [0.3, 0.4) is 0 Å². The summed E-state index contributed by atoms with van der Waals surface area (Å²) in [6.45, 7) is 5.90. The number of hydrogen-bond donors (Lipinski definition) is 0. The van der Waals surface area contributed by atoms with E-state index in [1.165, 1.54) is 0 Å². The fourth-order valence-electron chi connectivity index (χ4n) is 2.08. The van der Waals surface area contributed by atoms with Crippen molar-refractivity contribution in [1.29, 1.82) is 0 Å². The van der Waals surface area contributed by atoms with Crippen molar-refractivity contribution >= 4 is 0 Å². The van der Waals surface area contributed by atoms with Gasteiger partial charge in [-0.05, 0) is 6.92 Å². The van der Waals surface area contributed by atoms with Gasteiger partial charge in [-0.15, -0.1) is 10.2 Å². The van der Waals surface area contributed by atoms with Gasteiger partial charge in [0.05, 0.1) is 18.9 Å². The van der Waals surface area contributed by atoms with E-state index in [9.17, 15) is 0 Å². The lowest BCUT2D eigenvalue weighted by Gasteiger charge is -2.04. The fraction of sp³-hybridized carbons (Fsp3) is 0.545. The van der Waals surface area contributed by atoms with Gasteiger partial charge < -0.3 is 13.7 Å². The topological polar surface area (TPSA) is 66.0 Å². The van der Waals surface area contributed by atoms with Crippen molar-refractivity contribution in [2.45, 2.75) is 26.8 Å². The molecule has 1 aliphatic heterocycles. The van der Waals surface area contributed by atoms with E-state index in [0.717, 1.165) is 30.3 Å². The van der Waals surface area contributed by atoms with E-state index in [1.54, 1.807) is 0 Å². The van der Waals surface area contributed by atoms with E-state index in [1.807, 2.05) is 13.8 Å². The molecule has 0 N–H and O–H groups in total. The van der Waals surface area contributed by atoms with Gasteiger partial charge >= 0.3 is 0 Å². The third kappa shape index (κ3) is 1.74. The standard InChI is InChI=1S/C11H14N4O2/c1-7-10(17-8(2)12-7)11-14-13-9-3-5-16-6-4-15(9)11/h3-6H2,1-2H3. The Kier molecular flexibility index (Phi) is 2.44. The molecule has 2 aromatic rings. The molecule has 90 valence electrons. The quantitative estimate of drug-likeness (QED) is 0.739. The van der Waals surface area contributed by atoms with Gasteiger partial charge in [0.25, 0.3) is 0 Å². The summed E-state index contributed by atoms with van der Waals surface area (Å²) < 4.78 is 13.1. The second-order valence-electron chi connectivity index (χ2n) is 4.10. The predicted octanol–water partition coefficient (Wildman–Crippen LogP) is 1.12. The van der Waals surface area contributed by atoms with E-state index >= 15 is 0 Å². The molecule has 0 saturated carbocycles. The number of aromatic nitrogens is 4. The van der Waals surface area contributed by atoms with Crippen molar-refractivity contribution in [3.8, 4) is 11.6 Å². The van der Waals surface area contributed by atoms with Crippen LogP contribution in [0.25, 0.3) is 11.6 Å². The maximum Gasteiger partial charge on any atom is 0.201 e. The van der Waals surface area contributed by atoms with Crippen LogP contribution in [0.1, 0.15) is 17.4 Å². The van der Waals surface area contributed by atoms with Crippen molar-refractivity contribution in [2.75, 3.05) is 13.2 Å². The van der Waals surface area contributed by atoms with E-state index in [-0.39, 0.29) is 0 Å². The molecule has 0 amide bonds. The highest BCUT2D eigenvalue weighted by atomic mass is 16.5. The van der Waals surface area contributed by atoms with Crippen LogP contribution in [-0.4, -0.2) is 33.0 Å². The minimum atomic E-state index is 0.653. The SMILES string of the molecule is Cc1nc(C)c(-c2nnc3n2CCOCC3)o1. The number of ether oxygens (including phenoxy) is 1. The molecule has 1 aliphatic rings. The molecule has 0 bridgehead atoms. The first-order valence-electron chi connectivity index (χ1n) is 5.70. The van der Waals surface area contributed by atoms with Crippen LogP contribution in [0.15, 0.2) is 4.42 Å². The number of oxazole rings is 1. The largest absolute Gasteiger partial charge is 0.437 e. The van der Waals surface area contributed by atoms with E-state index < -0.39 is 0 Å². The summed E-state index contributed by atoms with van der Waals surface area (Å²) in [5.74, 6) is 3.07. The van der Waals surface area contributed by atoms with Gasteiger partial charge in [-0.25, -0.2) is 4.98 Å². The number of fused-ring (bicyclic) bond motifs is 1. The number of aryl methyl sites for hydroxylation is 2. The Morgan fingerprint density at radius 3 is 2.82 bits per heavy atom. The van der Waals surface area contributed by atoms with Crippen LogP contribution in [0.4, 0.5) is 0 Å². The summed E-state index contributed by atoms with van der Waals surface area (Å²) >= 11 is 0. The van der Waals surface area contributed by atoms with Crippen molar-refractivity contribution in [3.63, 3.8) is 0 Å². The minimum absolute atomic E-state index is 0.653. The van der Waals surface area contributed by atoms with Crippen molar-refractivity contribution in [2.24, 2.45) is 0 Å². The van der Waals surface area contributed by atoms with Gasteiger partial charge in [-0.2, -0.15) is 0 Å². The molecular formula is C11H14N4O2. The summed E-state index contributed by atoms with van der Waals surface area (Å²) in [5, 5.41) is 8.40. The van der Waals surface area contributed by atoms with Crippen LogP contribution >= 0.6 is 0 Å². The van der Waals surface area contributed by atoms with Gasteiger partial charge in [0.2, 0.25) is 5.82 Å². The molecule has 17 heavy (non-hydrogen) atoms. The van der Waals surface area contributed by atoms with Gasteiger partial charge in [0.15, 0.2) is 11.7 Å². The van der Waals surface area contributed by atoms with Gasteiger partial charge in [0, 0.05) is 19.9 Å². The van der Waals surface area contributed by atoms with E-state index in [2.05, 4.69) is 19.7 Å². The molecule has 0 radical (unpaired) electrons. The monoisotopic (exact) mass is 234 g/mol. The highest BCUT2D eigenvalue weighted by molar-refractivity contribution is 5.50. The summed E-state index contributed by atoms with van der Waals surface area (Å²) in [7, 11) is 0. The number of rotatable bonds is 1. The molecule has 0 saturated heterocycles. The Morgan fingerprint density at radius 2 is 2.06 bits per heavy atom. The average Bonchev–Trinajstić information content (AvgIpc) is 2.74. The third-order valence-electron chi connectivity index (χ3n) is 2.86. The smallest absolute Gasteiger partial charge is 0.201 e. The molecule has 6 nitrogen and oxygen atoms in total. The summed E-state index contributed by atoms with van der Waals surface area (Å²) in [4.78, 5) is 4.26. The van der Waals surface area contributed by atoms with Crippen LogP contribution < -0.4 is 0 Å². The Bertz CT molecular complexity index is 544. The maximum absolute atomic E-state index is 5.59. The predicted molar refractivity (Wildman–Crippen MR) is 59.5 cm³/mol. The molecular weight excluding hydrogens is 220 g/mol. The second-order valence-corrected chi connectivity index (χ2v) is 4.10. The first kappa shape index (κ1) is 10.5. The lowest BCUT2D eigenvalue weighted by molar-refractivity contribution is 0.140. The summed E-state index contributed by atoms with van der Waals surface area (Å²) in [6.07, 6.45) is 0.791. The fourth-order valence-corrected chi connectivity index (χ4v) is 2.08. The van der Waals surface area contributed by atoms with Gasteiger partial charge in [0.1, 0.15) is 5.82 Å². The lowest BCUT2D eigenvalue weighted by atomic mass is 10.3. The minimum Gasteiger partial charge on any atom is -0.437 e. The Balaban J connectivity index is 2.09. The molecule has 0 aliphatic carbocycles. The molecule has 6 heteroatoms. The van der Waals surface area contributed by atoms with E-state index in [4.69, 9.17) is 9.15 Å². The maximum atomic E-state index is 5.59. The van der Waals surface area contributed by atoms with Gasteiger partial charge in [-0.1, -0.05) is 0 Å². The Hall–Kier alpha value is -1.69. The third-order valence-corrected chi connectivity index (χ3v) is 2.86. The highest BCUT2D eigenvalue weighted by Crippen LogP contribution is 2.24. The molecule has 3 rings (SSSR count). The van der Waals surface area contributed by atoms with Gasteiger partial charge in [-0.3, -0.25) is 0 Å². The first-order chi connectivity index (χ1) is 8.25. The van der Waals surface area contributed by atoms with Crippen LogP contribution in [0, 0.1) is 13.8 Å². The number of hydrogen-bond acceptors (Lipinski definition) is 5. The van der Waals surface area contributed by atoms with Crippen LogP contribution in [0.5, 0.6) is 0 Å². The van der Waals surface area contributed by atoms with Crippen molar-refractivity contribution in [3.05, 3.63) is 17.4 Å². The summed E-state index contributed by atoms with van der Waals surface area (Å²) in [6, 6.07) is 0. The molecule has 0 fully saturated rings. The molecule has 0 aromatic carbocycles. The molecule has 2 aromatic heterocycles. The number of nitrogens with zero attached hydrogens (tertiary/aromatic N) is 4. The average molecular weight is 234 g/mol. The molecule has 0 unspecified atom stereocenters. The Morgan fingerprint density at radius 1 is 1.18 bits per heavy atom. The molecule has 3 heterocycles. The second kappa shape index (κ2) is 3.96. The van der Waals surface area contributed by atoms with Crippen LogP contribution in [0.2, 0.25) is 0 Å². The van der Waals surface area contributed by atoms with Crippen LogP contribution in [-0.2, 0) is 17.7 Å². The normalized spacial score (nSPS) is 15.6. The zero-order valence-corrected chi connectivity index (χ0v) is 9.93. The Labute approximate surface area is 98.6 Å². The highest BCUT2D eigenvalue weighted by Gasteiger charge is 2.20. The lowest BCUT2D eigenvalue weighted by Crippen LogP contribution is -2.05. The molecule has 0 atom stereocenters. The summed E-state index contributed by atoms with van der Waals surface area (Å²) in [5.41, 5.74) is 0.850. The van der Waals surface area contributed by atoms with Crippen molar-refractivity contribution in [1.82, 2.24) is 19.7 Å². The van der Waals surface area contributed by atoms with E-state index in [0.29, 0.717) is 24.9 Å². The zero-order valence-electron chi connectivity index (χ0n) is 9.93. The van der Waals surface area contributed by atoms with Crippen molar-refractivity contribution < 1.29 is 9.15 Å². The molecule has 0 spiro atoms. The first-order valence-corrected chi connectivity index (χ1v) is 5.70. The zero-order chi connectivity index (χ0) is 11.8.